The number of carbonyl (C=O) groups excluding carboxylic acids is 4. The van der Waals surface area contributed by atoms with Gasteiger partial charge in [0.2, 0.25) is 41.5 Å². The number of aryl methyl sites for hydroxylation is 3. The first-order valence-electron chi connectivity index (χ1n) is 23.6. The average molecular weight is 940 g/mol. The number of β-amino-alcohol motifs (C(OH)–C–C–N with tert-alkyl or cyclic N) is 1. The molecule has 1 aromatic carbocycles. The van der Waals surface area contributed by atoms with Crippen molar-refractivity contribution in [3.8, 4) is 10.4 Å². The molecule has 362 valence electrons. The lowest BCUT2D eigenvalue weighted by Gasteiger charge is -2.35. The maximum atomic E-state index is 14.2. The van der Waals surface area contributed by atoms with E-state index in [0.717, 1.165) is 64.3 Å². The summed E-state index contributed by atoms with van der Waals surface area (Å²) in [7, 11) is 5.80. The van der Waals surface area contributed by atoms with Crippen LogP contribution in [0.2, 0.25) is 0 Å². The molecule has 0 radical (unpaired) electrons. The predicted molar refractivity (Wildman–Crippen MR) is 259 cm³/mol. The lowest BCUT2D eigenvalue weighted by molar-refractivity contribution is -0.144. The van der Waals surface area contributed by atoms with Gasteiger partial charge in [-0.3, -0.25) is 23.9 Å². The Labute approximate surface area is 398 Å². The number of anilines is 3. The molecule has 3 fully saturated rings. The molecule has 19 heteroatoms. The first-order chi connectivity index (χ1) is 31.8. The second kappa shape index (κ2) is 21.1. The minimum absolute atomic E-state index is 0.0129. The summed E-state index contributed by atoms with van der Waals surface area (Å²) in [4.78, 5) is 81.7. The summed E-state index contributed by atoms with van der Waals surface area (Å²) in [5.41, 5.74) is 7.24. The van der Waals surface area contributed by atoms with E-state index in [0.29, 0.717) is 62.9 Å². The number of likely N-dealkylation sites (tertiary alicyclic amines) is 1. The molecule has 67 heavy (non-hydrogen) atoms. The highest BCUT2D eigenvalue weighted by molar-refractivity contribution is 7.13. The highest BCUT2D eigenvalue weighted by atomic mass is 32.1. The predicted octanol–water partition coefficient (Wildman–Crippen LogP) is 4.20. The van der Waals surface area contributed by atoms with Crippen molar-refractivity contribution in [2.45, 2.75) is 130 Å². The second-order valence-corrected chi connectivity index (χ2v) is 20.6. The van der Waals surface area contributed by atoms with Crippen molar-refractivity contribution in [2.75, 3.05) is 55.0 Å². The summed E-state index contributed by atoms with van der Waals surface area (Å²) < 4.78 is 1.88. The van der Waals surface area contributed by atoms with Crippen molar-refractivity contribution in [1.82, 2.24) is 50.6 Å². The van der Waals surface area contributed by atoms with Crippen LogP contribution in [0.3, 0.4) is 0 Å². The number of piperidine rings is 1. The Hall–Kier alpha value is -5.69. The standard InChI is InChI=1S/C48H69N13O5S/c1-29-37(31(3)59(9)56-29)27-58(8)46-53-45(57(7)21-20-40(64)51-35-15-16-35)54-47(55-46)60-22-18-32(19-23-60)12-17-39(63)52-42(48(4,5)6)44(66)61-26-36(62)24-38(61)43(65)49-25-33-10-13-34(14-11-33)41-30(2)50-28-67-41/h10-11,13-14,28,32,35-36,38,42,62H,12,15-27H2,1-9H3,(H,49,65)(H,51,64)(H,52,63)/t36-,38+,42-/m1/s1. The SMILES string of the molecule is Cc1ncsc1-c1ccc(CNC(=O)[C@@H]2C[C@@H](O)CN2C(=O)[C@@H](NC(=O)CCC2CCN(c3nc(N(C)CCC(=O)NC4CC4)nc(N(C)Cc4c(C)nn(C)c4C)n3)CC2)C(C)(C)C)cc1. The topological polar surface area (TPSA) is 207 Å². The zero-order chi connectivity index (χ0) is 48.2. The molecule has 3 aliphatic rings. The molecule has 4 aromatic rings. The van der Waals surface area contributed by atoms with Gasteiger partial charge in [-0.1, -0.05) is 45.0 Å². The normalized spacial score (nSPS) is 18.2. The van der Waals surface area contributed by atoms with Gasteiger partial charge >= 0.3 is 0 Å². The van der Waals surface area contributed by atoms with Gasteiger partial charge in [-0.2, -0.15) is 20.1 Å². The van der Waals surface area contributed by atoms with Crippen LogP contribution in [0, 0.1) is 32.1 Å². The molecule has 4 N–H and O–H groups in total. The number of benzene rings is 1. The van der Waals surface area contributed by atoms with E-state index in [9.17, 15) is 24.3 Å². The number of nitrogens with one attached hydrogen (secondary N) is 3. The van der Waals surface area contributed by atoms with Gasteiger partial charge in [0.1, 0.15) is 12.1 Å². The van der Waals surface area contributed by atoms with Crippen LogP contribution in [0.25, 0.3) is 10.4 Å². The van der Waals surface area contributed by atoms with Crippen LogP contribution >= 0.6 is 11.3 Å². The van der Waals surface area contributed by atoms with Gasteiger partial charge in [0.25, 0.3) is 0 Å². The molecule has 4 amide bonds. The number of hydrogen-bond donors (Lipinski definition) is 4. The van der Waals surface area contributed by atoms with Gasteiger partial charge in [-0.05, 0) is 75.3 Å². The molecule has 1 saturated carbocycles. The molecular formula is C48H69N13O5S. The summed E-state index contributed by atoms with van der Waals surface area (Å²) in [6.07, 6.45) is 4.21. The first-order valence-corrected chi connectivity index (χ1v) is 24.5. The van der Waals surface area contributed by atoms with Crippen LogP contribution in [-0.4, -0.2) is 128 Å². The fourth-order valence-corrected chi connectivity index (χ4v) is 9.66. The number of rotatable bonds is 18. The van der Waals surface area contributed by atoms with Gasteiger partial charge in [0.05, 0.1) is 27.9 Å². The Balaban J connectivity index is 0.937. The Morgan fingerprint density at radius 2 is 1.60 bits per heavy atom. The zero-order valence-corrected chi connectivity index (χ0v) is 41.5. The Bertz CT molecular complexity index is 2380. The largest absolute Gasteiger partial charge is 0.391 e. The van der Waals surface area contributed by atoms with E-state index in [1.807, 2.05) is 100 Å². The van der Waals surface area contributed by atoms with E-state index in [2.05, 4.69) is 37.9 Å². The molecule has 0 spiro atoms. The van der Waals surface area contributed by atoms with Crippen LogP contribution in [0.4, 0.5) is 17.8 Å². The average Bonchev–Trinajstić information content (AvgIpc) is 3.78. The van der Waals surface area contributed by atoms with E-state index in [1.54, 1.807) is 11.3 Å². The zero-order valence-electron chi connectivity index (χ0n) is 40.6. The number of aliphatic hydroxyl groups is 1. The number of nitrogens with zero attached hydrogens (tertiary/aromatic N) is 10. The number of amides is 4. The molecule has 1 aliphatic carbocycles. The lowest BCUT2D eigenvalue weighted by Crippen LogP contribution is -2.57. The minimum atomic E-state index is -0.896. The fourth-order valence-electron chi connectivity index (χ4n) is 8.85. The fraction of sp³-hybridized carbons (Fsp3) is 0.604. The smallest absolute Gasteiger partial charge is 0.246 e. The van der Waals surface area contributed by atoms with Crippen LogP contribution in [0.1, 0.15) is 100 Å². The summed E-state index contributed by atoms with van der Waals surface area (Å²) in [6.45, 7) is 14.4. The number of aliphatic hydroxyl groups excluding tert-OH is 1. The summed E-state index contributed by atoms with van der Waals surface area (Å²) in [5, 5.41) is 24.3. The van der Waals surface area contributed by atoms with Gasteiger partial charge < -0.3 is 40.7 Å². The Kier molecular flexibility index (Phi) is 15.5. The van der Waals surface area contributed by atoms with E-state index in [-0.39, 0.29) is 55.5 Å². The highest BCUT2D eigenvalue weighted by Crippen LogP contribution is 2.31. The third-order valence-corrected chi connectivity index (χ3v) is 14.3. The van der Waals surface area contributed by atoms with Gasteiger partial charge in [-0.15, -0.1) is 11.3 Å². The maximum Gasteiger partial charge on any atom is 0.246 e. The van der Waals surface area contributed by atoms with E-state index in [4.69, 9.17) is 15.0 Å². The van der Waals surface area contributed by atoms with Crippen molar-refractivity contribution in [3.05, 3.63) is 58.0 Å². The summed E-state index contributed by atoms with van der Waals surface area (Å²) in [5.74, 6) is 0.935. The molecule has 3 atom stereocenters. The van der Waals surface area contributed by atoms with Gasteiger partial charge in [0.15, 0.2) is 0 Å². The molecule has 3 aromatic heterocycles. The van der Waals surface area contributed by atoms with Crippen molar-refractivity contribution >= 4 is 52.8 Å². The monoisotopic (exact) mass is 940 g/mol. The van der Waals surface area contributed by atoms with Crippen LogP contribution < -0.4 is 30.7 Å². The summed E-state index contributed by atoms with van der Waals surface area (Å²) >= 11 is 1.58. The van der Waals surface area contributed by atoms with E-state index < -0.39 is 23.6 Å². The second-order valence-electron chi connectivity index (χ2n) is 19.8. The number of aromatic nitrogens is 6. The van der Waals surface area contributed by atoms with Crippen molar-refractivity contribution in [1.29, 1.82) is 0 Å². The molecule has 5 heterocycles. The van der Waals surface area contributed by atoms with Gasteiger partial charge in [0, 0.05) is 97.0 Å². The maximum absolute atomic E-state index is 14.2. The molecule has 7 rings (SSSR count). The first kappa shape index (κ1) is 49.2. The van der Waals surface area contributed by atoms with Crippen molar-refractivity contribution in [2.24, 2.45) is 18.4 Å². The van der Waals surface area contributed by atoms with Crippen LogP contribution in [0.5, 0.6) is 0 Å². The third kappa shape index (κ3) is 12.5. The van der Waals surface area contributed by atoms with Crippen LogP contribution in [0.15, 0.2) is 29.8 Å². The minimum Gasteiger partial charge on any atom is -0.391 e. The summed E-state index contributed by atoms with van der Waals surface area (Å²) in [6, 6.07) is 6.48. The number of carbonyl (C=O) groups is 4. The van der Waals surface area contributed by atoms with Crippen LogP contribution in [-0.2, 0) is 39.3 Å². The Morgan fingerprint density at radius 3 is 2.21 bits per heavy atom. The molecular weight excluding hydrogens is 871 g/mol. The molecule has 2 aliphatic heterocycles. The number of thiazole rings is 1. The highest BCUT2D eigenvalue weighted by Gasteiger charge is 2.44. The number of hydrogen-bond acceptors (Lipinski definition) is 14. The van der Waals surface area contributed by atoms with E-state index in [1.165, 1.54) is 4.90 Å². The van der Waals surface area contributed by atoms with Crippen molar-refractivity contribution in [3.63, 3.8) is 0 Å². The van der Waals surface area contributed by atoms with E-state index >= 15 is 0 Å². The molecule has 0 unspecified atom stereocenters. The van der Waals surface area contributed by atoms with Crippen molar-refractivity contribution < 1.29 is 24.3 Å². The van der Waals surface area contributed by atoms with Gasteiger partial charge in [-0.25, -0.2) is 4.98 Å². The quantitative estimate of drug-likeness (QED) is 0.111. The molecule has 0 bridgehead atoms. The third-order valence-electron chi connectivity index (χ3n) is 13.3. The Morgan fingerprint density at radius 1 is 0.910 bits per heavy atom. The lowest BCUT2D eigenvalue weighted by atomic mass is 9.85. The molecule has 18 nitrogen and oxygen atoms in total. The molecule has 2 saturated heterocycles.